The van der Waals surface area contributed by atoms with E-state index in [1.807, 2.05) is 0 Å². The molecule has 0 aromatic carbocycles. The molecule has 4 rings (SSSR count). The van der Waals surface area contributed by atoms with E-state index in [1.165, 1.54) is 141 Å². The van der Waals surface area contributed by atoms with Crippen molar-refractivity contribution in [2.24, 2.45) is 47.3 Å². The minimum atomic E-state index is 0.0380. The zero-order chi connectivity index (χ0) is 35.4. The maximum absolute atomic E-state index is 12.6. The van der Waals surface area contributed by atoms with E-state index < -0.39 is 0 Å². The van der Waals surface area contributed by atoms with Crippen LogP contribution in [-0.2, 0) is 9.53 Å². The van der Waals surface area contributed by atoms with Gasteiger partial charge in [-0.15, -0.1) is 0 Å². The molecule has 4 aliphatic rings. The van der Waals surface area contributed by atoms with Crippen LogP contribution >= 0.6 is 0 Å². The predicted octanol–water partition coefficient (Wildman–Crippen LogP) is 14.0. The van der Waals surface area contributed by atoms with Gasteiger partial charge < -0.3 is 9.64 Å². The topological polar surface area (TPSA) is 29.5 Å². The van der Waals surface area contributed by atoms with Crippen molar-refractivity contribution in [3.8, 4) is 0 Å². The Morgan fingerprint density at radius 2 is 0.860 bits per heavy atom. The summed E-state index contributed by atoms with van der Waals surface area (Å²) in [5.74, 6) is 8.85. The summed E-state index contributed by atoms with van der Waals surface area (Å²) >= 11 is 0. The standard InChI is InChI=1S/C47H87NO2/c1-5-7-17-24-38-32-42(38)36-44-34-40(44)26-19-13-9-11-15-21-28-46(50-47(49)30-23-31-48(3)4)29-22-16-12-10-14-20-27-41-35-45(41)37-43-33-39(43)25-18-8-6-2/h38-46H,5-37H2,1-4H3. The summed E-state index contributed by atoms with van der Waals surface area (Å²) in [5.41, 5.74) is 0. The molecule has 0 heterocycles. The molecule has 3 heteroatoms. The van der Waals surface area contributed by atoms with Gasteiger partial charge in [0.05, 0.1) is 0 Å². The van der Waals surface area contributed by atoms with Crippen LogP contribution in [0.15, 0.2) is 0 Å². The van der Waals surface area contributed by atoms with Crippen LogP contribution in [0.3, 0.4) is 0 Å². The van der Waals surface area contributed by atoms with Crippen molar-refractivity contribution >= 4 is 5.97 Å². The zero-order valence-electron chi connectivity index (χ0n) is 34.3. The van der Waals surface area contributed by atoms with Crippen LogP contribution in [0.2, 0.25) is 0 Å². The van der Waals surface area contributed by atoms with E-state index in [0.29, 0.717) is 6.42 Å². The lowest BCUT2D eigenvalue weighted by Crippen LogP contribution is -2.20. The van der Waals surface area contributed by atoms with Crippen molar-refractivity contribution in [1.29, 1.82) is 0 Å². The summed E-state index contributed by atoms with van der Waals surface area (Å²) in [4.78, 5) is 14.8. The van der Waals surface area contributed by atoms with E-state index in [4.69, 9.17) is 4.74 Å². The fraction of sp³-hybridized carbons (Fsp3) is 0.979. The van der Waals surface area contributed by atoms with E-state index in [2.05, 4.69) is 32.8 Å². The van der Waals surface area contributed by atoms with Gasteiger partial charge in [-0.1, -0.05) is 142 Å². The molecular weight excluding hydrogens is 611 g/mol. The smallest absolute Gasteiger partial charge is 0.306 e. The number of carbonyl (C=O) groups excluding carboxylic acids is 1. The second kappa shape index (κ2) is 24.7. The normalized spacial score (nSPS) is 28.6. The molecule has 292 valence electrons. The summed E-state index contributed by atoms with van der Waals surface area (Å²) in [5, 5.41) is 0. The van der Waals surface area contributed by atoms with Crippen molar-refractivity contribution in [2.75, 3.05) is 20.6 Å². The highest BCUT2D eigenvalue weighted by Crippen LogP contribution is 2.55. The number of hydrogen-bond acceptors (Lipinski definition) is 3. The third kappa shape index (κ3) is 19.0. The lowest BCUT2D eigenvalue weighted by molar-refractivity contribution is -0.150. The maximum Gasteiger partial charge on any atom is 0.306 e. The van der Waals surface area contributed by atoms with Gasteiger partial charge in [-0.3, -0.25) is 4.79 Å². The summed E-state index contributed by atoms with van der Waals surface area (Å²) in [6, 6.07) is 0. The first-order valence-electron chi connectivity index (χ1n) is 23.3. The van der Waals surface area contributed by atoms with Crippen molar-refractivity contribution in [1.82, 2.24) is 4.90 Å². The van der Waals surface area contributed by atoms with Gasteiger partial charge >= 0.3 is 5.97 Å². The summed E-state index contributed by atoms with van der Waals surface area (Å²) < 4.78 is 6.08. The van der Waals surface area contributed by atoms with Crippen LogP contribution in [-0.4, -0.2) is 37.6 Å². The molecule has 4 saturated carbocycles. The Morgan fingerprint density at radius 1 is 0.500 bits per heavy atom. The van der Waals surface area contributed by atoms with E-state index in [0.717, 1.165) is 73.2 Å². The van der Waals surface area contributed by atoms with Crippen LogP contribution in [0, 0.1) is 47.3 Å². The molecule has 8 atom stereocenters. The van der Waals surface area contributed by atoms with Gasteiger partial charge in [-0.25, -0.2) is 0 Å². The fourth-order valence-electron chi connectivity index (χ4n) is 9.92. The monoisotopic (exact) mass is 698 g/mol. The average Bonchev–Trinajstić information content (AvgIpc) is 3.91. The van der Waals surface area contributed by atoms with E-state index in [9.17, 15) is 4.79 Å². The molecule has 0 saturated heterocycles. The van der Waals surface area contributed by atoms with Crippen LogP contribution in [0.4, 0.5) is 0 Å². The first-order chi connectivity index (χ1) is 24.5. The van der Waals surface area contributed by atoms with Crippen LogP contribution in [0.25, 0.3) is 0 Å². The zero-order valence-corrected chi connectivity index (χ0v) is 34.3. The second-order valence-corrected chi connectivity index (χ2v) is 18.9. The Kier molecular flexibility index (Phi) is 20.8. The number of unbranched alkanes of at least 4 members (excludes halogenated alkanes) is 14. The number of rotatable bonds is 35. The SMILES string of the molecule is CCCCCC1CC1CC1CC1CCCCCCCCC(CCCCCCCCC1CC1CC1CC1CCCCC)OC(=O)CCCN(C)C. The molecule has 4 aliphatic carbocycles. The van der Waals surface area contributed by atoms with Crippen LogP contribution in [0.5, 0.6) is 0 Å². The summed E-state index contributed by atoms with van der Waals surface area (Å²) in [6.07, 6.45) is 44.2. The molecule has 4 fully saturated rings. The van der Waals surface area contributed by atoms with Gasteiger partial charge in [-0.2, -0.15) is 0 Å². The molecule has 3 nitrogen and oxygen atoms in total. The first-order valence-corrected chi connectivity index (χ1v) is 23.3. The molecule has 0 N–H and O–H groups in total. The molecule has 0 bridgehead atoms. The largest absolute Gasteiger partial charge is 0.462 e. The Hall–Kier alpha value is -0.570. The molecule has 0 aliphatic heterocycles. The van der Waals surface area contributed by atoms with Gasteiger partial charge in [0.25, 0.3) is 0 Å². The molecular formula is C47H87NO2. The molecule has 0 amide bonds. The highest BCUT2D eigenvalue weighted by Gasteiger charge is 2.45. The summed E-state index contributed by atoms with van der Waals surface area (Å²) in [6.45, 7) is 5.62. The molecule has 8 unspecified atom stereocenters. The Labute approximate surface area is 313 Å². The average molecular weight is 698 g/mol. The Morgan fingerprint density at radius 3 is 1.24 bits per heavy atom. The van der Waals surface area contributed by atoms with Crippen molar-refractivity contribution in [2.45, 2.75) is 225 Å². The molecule has 50 heavy (non-hydrogen) atoms. The maximum atomic E-state index is 12.6. The van der Waals surface area contributed by atoms with Gasteiger partial charge in [0.15, 0.2) is 0 Å². The number of carbonyl (C=O) groups is 1. The second-order valence-electron chi connectivity index (χ2n) is 18.9. The molecule has 0 aromatic heterocycles. The highest BCUT2D eigenvalue weighted by molar-refractivity contribution is 5.69. The lowest BCUT2D eigenvalue weighted by Gasteiger charge is -2.18. The quantitative estimate of drug-likeness (QED) is 0.0488. The number of ether oxygens (including phenoxy) is 1. The number of esters is 1. The fourth-order valence-corrected chi connectivity index (χ4v) is 9.92. The lowest BCUT2D eigenvalue weighted by atomic mass is 10.0. The molecule has 0 aromatic rings. The van der Waals surface area contributed by atoms with Crippen LogP contribution < -0.4 is 0 Å². The Balaban J connectivity index is 0.953. The minimum absolute atomic E-state index is 0.0380. The number of hydrogen-bond donors (Lipinski definition) is 0. The van der Waals surface area contributed by atoms with E-state index >= 15 is 0 Å². The first kappa shape index (κ1) is 42.2. The molecule has 0 spiro atoms. The van der Waals surface area contributed by atoms with Gasteiger partial charge in [-0.05, 0) is 139 Å². The minimum Gasteiger partial charge on any atom is -0.462 e. The van der Waals surface area contributed by atoms with Gasteiger partial charge in [0.1, 0.15) is 6.10 Å². The summed E-state index contributed by atoms with van der Waals surface area (Å²) in [7, 11) is 4.16. The van der Waals surface area contributed by atoms with Crippen molar-refractivity contribution in [3.63, 3.8) is 0 Å². The molecule has 0 radical (unpaired) electrons. The van der Waals surface area contributed by atoms with Crippen LogP contribution in [0.1, 0.15) is 219 Å². The number of nitrogens with zero attached hydrogens (tertiary/aromatic N) is 1. The third-order valence-corrected chi connectivity index (χ3v) is 13.8. The third-order valence-electron chi connectivity index (χ3n) is 13.8. The highest BCUT2D eigenvalue weighted by atomic mass is 16.5. The predicted molar refractivity (Wildman–Crippen MR) is 215 cm³/mol. The Bertz CT molecular complexity index is 815. The van der Waals surface area contributed by atoms with Gasteiger partial charge in [0, 0.05) is 6.42 Å². The van der Waals surface area contributed by atoms with Crippen molar-refractivity contribution in [3.05, 3.63) is 0 Å². The van der Waals surface area contributed by atoms with E-state index in [-0.39, 0.29) is 12.1 Å². The van der Waals surface area contributed by atoms with Gasteiger partial charge in [0.2, 0.25) is 0 Å². The van der Waals surface area contributed by atoms with Crippen molar-refractivity contribution < 1.29 is 9.53 Å². The van der Waals surface area contributed by atoms with E-state index in [1.54, 1.807) is 38.5 Å².